The van der Waals surface area contributed by atoms with Gasteiger partial charge in [-0.25, -0.2) is 5.48 Å². The van der Waals surface area contributed by atoms with E-state index in [0.717, 1.165) is 19.1 Å². The zero-order valence-electron chi connectivity index (χ0n) is 9.72. The highest BCUT2D eigenvalue weighted by molar-refractivity contribution is 4.65. The largest absolute Gasteiger partial charge is 0.302 e. The third kappa shape index (κ3) is 5.61. The minimum Gasteiger partial charge on any atom is -0.302 e. The van der Waals surface area contributed by atoms with E-state index >= 15 is 0 Å². The second kappa shape index (κ2) is 7.24. The molecule has 0 atom stereocenters. The van der Waals surface area contributed by atoms with Crippen LogP contribution in [0.3, 0.4) is 0 Å². The van der Waals surface area contributed by atoms with Crippen LogP contribution in [-0.4, -0.2) is 13.2 Å². The van der Waals surface area contributed by atoms with Gasteiger partial charge in [-0.3, -0.25) is 0 Å². The summed E-state index contributed by atoms with van der Waals surface area (Å²) >= 11 is 0. The van der Waals surface area contributed by atoms with E-state index in [1.54, 1.807) is 0 Å². The Morgan fingerprint density at radius 3 is 2.57 bits per heavy atom. The third-order valence-corrected chi connectivity index (χ3v) is 2.90. The smallest absolute Gasteiger partial charge is 0.0705 e. The van der Waals surface area contributed by atoms with Crippen LogP contribution in [0.5, 0.6) is 0 Å². The summed E-state index contributed by atoms with van der Waals surface area (Å²) in [5.74, 6) is 1.58. The Bertz CT molecular complexity index is 130. The summed E-state index contributed by atoms with van der Waals surface area (Å²) in [5.41, 5.74) is 3.06. The van der Waals surface area contributed by atoms with Crippen molar-refractivity contribution >= 4 is 0 Å². The molecule has 0 bridgehead atoms. The summed E-state index contributed by atoms with van der Waals surface area (Å²) in [5, 5.41) is 0. The first-order chi connectivity index (χ1) is 6.79. The van der Waals surface area contributed by atoms with Gasteiger partial charge in [0.15, 0.2) is 0 Å². The lowest BCUT2D eigenvalue weighted by Crippen LogP contribution is -2.21. The highest BCUT2D eigenvalue weighted by Gasteiger charge is 2.12. The average Bonchev–Trinajstić information content (AvgIpc) is 2.18. The van der Waals surface area contributed by atoms with Gasteiger partial charge in [-0.05, 0) is 18.3 Å². The topological polar surface area (TPSA) is 21.3 Å². The fourth-order valence-electron chi connectivity index (χ4n) is 2.04. The lowest BCUT2D eigenvalue weighted by Gasteiger charge is -2.21. The van der Waals surface area contributed by atoms with Gasteiger partial charge in [0.25, 0.3) is 0 Å². The molecule has 0 aliphatic heterocycles. The Labute approximate surface area is 88.4 Å². The maximum Gasteiger partial charge on any atom is 0.0705 e. The van der Waals surface area contributed by atoms with Gasteiger partial charge in [0.2, 0.25) is 0 Å². The molecular weight excluding hydrogens is 174 g/mol. The van der Waals surface area contributed by atoms with Crippen LogP contribution in [-0.2, 0) is 4.84 Å². The van der Waals surface area contributed by atoms with E-state index in [1.807, 2.05) is 0 Å². The molecule has 1 aliphatic rings. The fourth-order valence-corrected chi connectivity index (χ4v) is 2.04. The predicted molar refractivity (Wildman–Crippen MR) is 60.0 cm³/mol. The molecule has 2 nitrogen and oxygen atoms in total. The highest BCUT2D eigenvalue weighted by atomic mass is 16.6. The molecular formula is C12H25NO. The molecule has 0 aromatic heterocycles. The zero-order chi connectivity index (χ0) is 10.2. The van der Waals surface area contributed by atoms with Gasteiger partial charge in [-0.1, -0.05) is 46.0 Å². The molecule has 1 fully saturated rings. The Morgan fingerprint density at radius 1 is 1.21 bits per heavy atom. The molecule has 0 unspecified atom stereocenters. The van der Waals surface area contributed by atoms with Gasteiger partial charge < -0.3 is 4.84 Å². The summed E-state index contributed by atoms with van der Waals surface area (Å²) in [6, 6.07) is 0. The maximum absolute atomic E-state index is 5.34. The summed E-state index contributed by atoms with van der Waals surface area (Å²) in [7, 11) is 0. The Kier molecular flexibility index (Phi) is 6.20. The Hall–Kier alpha value is -0.0800. The van der Waals surface area contributed by atoms with Crippen molar-refractivity contribution in [2.24, 2.45) is 11.8 Å². The number of hydrogen-bond donors (Lipinski definition) is 1. The number of rotatable bonds is 6. The second-order valence-electron chi connectivity index (χ2n) is 4.89. The van der Waals surface area contributed by atoms with Crippen LogP contribution >= 0.6 is 0 Å². The predicted octanol–water partition coefficient (Wildman–Crippen LogP) is 3.13. The van der Waals surface area contributed by atoms with E-state index < -0.39 is 0 Å². The van der Waals surface area contributed by atoms with Crippen LogP contribution in [0.4, 0.5) is 0 Å². The minimum absolute atomic E-state index is 0.622. The van der Waals surface area contributed by atoms with Crippen LogP contribution in [0.25, 0.3) is 0 Å². The van der Waals surface area contributed by atoms with E-state index in [4.69, 9.17) is 4.84 Å². The maximum atomic E-state index is 5.34. The highest BCUT2D eigenvalue weighted by Crippen LogP contribution is 2.25. The van der Waals surface area contributed by atoms with E-state index in [0.29, 0.717) is 5.92 Å². The number of nitrogens with one attached hydrogen (secondary N) is 1. The molecule has 0 aromatic rings. The molecule has 0 amide bonds. The lowest BCUT2D eigenvalue weighted by atomic mass is 9.87. The third-order valence-electron chi connectivity index (χ3n) is 2.90. The summed E-state index contributed by atoms with van der Waals surface area (Å²) in [6.07, 6.45) is 8.50. The van der Waals surface area contributed by atoms with Crippen molar-refractivity contribution in [3.8, 4) is 0 Å². The molecule has 1 aliphatic carbocycles. The van der Waals surface area contributed by atoms with Crippen LogP contribution in [0.1, 0.15) is 52.4 Å². The van der Waals surface area contributed by atoms with Crippen molar-refractivity contribution < 1.29 is 4.84 Å². The fraction of sp³-hybridized carbons (Fsp3) is 1.00. The summed E-state index contributed by atoms with van der Waals surface area (Å²) in [4.78, 5) is 5.34. The monoisotopic (exact) mass is 199 g/mol. The molecule has 1 rings (SSSR count). The van der Waals surface area contributed by atoms with Gasteiger partial charge in [-0.15, -0.1) is 0 Å². The first kappa shape index (κ1) is 12.0. The molecule has 1 N–H and O–H groups in total. The van der Waals surface area contributed by atoms with E-state index in [-0.39, 0.29) is 0 Å². The molecule has 84 valence electrons. The van der Waals surface area contributed by atoms with Crippen molar-refractivity contribution in [1.29, 1.82) is 0 Å². The van der Waals surface area contributed by atoms with Gasteiger partial charge >= 0.3 is 0 Å². The van der Waals surface area contributed by atoms with Gasteiger partial charge in [0, 0.05) is 6.54 Å². The van der Waals surface area contributed by atoms with Crippen molar-refractivity contribution in [1.82, 2.24) is 5.48 Å². The van der Waals surface area contributed by atoms with Crippen molar-refractivity contribution in [2.45, 2.75) is 52.4 Å². The van der Waals surface area contributed by atoms with E-state index in [1.165, 1.54) is 38.5 Å². The SMILES string of the molecule is CC(C)CONCCC1CCCCC1. The first-order valence-electron chi connectivity index (χ1n) is 6.13. The number of hydroxylamine groups is 1. The van der Waals surface area contributed by atoms with Gasteiger partial charge in [-0.2, -0.15) is 0 Å². The Balaban J connectivity index is 1.87. The quantitative estimate of drug-likeness (QED) is 0.524. The first-order valence-corrected chi connectivity index (χ1v) is 6.13. The molecule has 0 heterocycles. The average molecular weight is 199 g/mol. The lowest BCUT2D eigenvalue weighted by molar-refractivity contribution is 0.0204. The summed E-state index contributed by atoms with van der Waals surface area (Å²) < 4.78 is 0. The Morgan fingerprint density at radius 2 is 1.93 bits per heavy atom. The molecule has 0 saturated heterocycles. The van der Waals surface area contributed by atoms with Gasteiger partial charge in [0.1, 0.15) is 0 Å². The standard InChI is InChI=1S/C12H25NO/c1-11(2)10-14-13-9-8-12-6-4-3-5-7-12/h11-13H,3-10H2,1-2H3. The van der Waals surface area contributed by atoms with E-state index in [9.17, 15) is 0 Å². The zero-order valence-corrected chi connectivity index (χ0v) is 9.72. The van der Waals surface area contributed by atoms with Gasteiger partial charge in [0.05, 0.1) is 6.61 Å². The van der Waals surface area contributed by atoms with Crippen molar-refractivity contribution in [3.63, 3.8) is 0 Å². The number of hydrogen-bond acceptors (Lipinski definition) is 2. The molecule has 0 radical (unpaired) electrons. The van der Waals surface area contributed by atoms with Crippen molar-refractivity contribution in [2.75, 3.05) is 13.2 Å². The van der Waals surface area contributed by atoms with E-state index in [2.05, 4.69) is 19.3 Å². The second-order valence-corrected chi connectivity index (χ2v) is 4.89. The van der Waals surface area contributed by atoms with Crippen LogP contribution in [0.15, 0.2) is 0 Å². The summed E-state index contributed by atoms with van der Waals surface area (Å²) in [6.45, 7) is 6.19. The molecule has 0 aromatic carbocycles. The molecule has 14 heavy (non-hydrogen) atoms. The molecule has 0 spiro atoms. The van der Waals surface area contributed by atoms with Crippen LogP contribution in [0.2, 0.25) is 0 Å². The van der Waals surface area contributed by atoms with Crippen LogP contribution < -0.4 is 5.48 Å². The van der Waals surface area contributed by atoms with Crippen LogP contribution in [0, 0.1) is 11.8 Å². The van der Waals surface area contributed by atoms with Crippen molar-refractivity contribution in [3.05, 3.63) is 0 Å². The molecule has 1 saturated carbocycles. The molecule has 2 heteroatoms. The minimum atomic E-state index is 0.622. The normalized spacial score (nSPS) is 19.1.